The first kappa shape index (κ1) is 17.7. The molecule has 0 bridgehead atoms. The van der Waals surface area contributed by atoms with Crippen LogP contribution in [0.25, 0.3) is 5.69 Å². The molecule has 4 rings (SSSR count). The van der Waals surface area contributed by atoms with Crippen LogP contribution < -0.4 is 10.1 Å². The number of anilines is 1. The number of hydrogen-bond acceptors (Lipinski definition) is 3. The molecule has 4 nitrogen and oxygen atoms in total. The van der Waals surface area contributed by atoms with Gasteiger partial charge in [0.1, 0.15) is 11.6 Å². The van der Waals surface area contributed by atoms with Crippen LogP contribution in [0.1, 0.15) is 40.8 Å². The van der Waals surface area contributed by atoms with Crippen LogP contribution in [-0.2, 0) is 12.8 Å². The summed E-state index contributed by atoms with van der Waals surface area (Å²) in [7, 11) is 1.71. The maximum Gasteiger partial charge on any atom is 0.133 e. The molecule has 1 N–H and O–H groups in total. The molecule has 0 aliphatic carbocycles. The fourth-order valence-electron chi connectivity index (χ4n) is 3.81. The summed E-state index contributed by atoms with van der Waals surface area (Å²) < 4.78 is 7.51. The van der Waals surface area contributed by atoms with E-state index in [1.54, 1.807) is 7.11 Å². The third-order valence-corrected chi connectivity index (χ3v) is 5.31. The second-order valence-corrected chi connectivity index (χ2v) is 7.39. The summed E-state index contributed by atoms with van der Waals surface area (Å²) in [5.41, 5.74) is 7.40. The van der Waals surface area contributed by atoms with Gasteiger partial charge in [-0.05, 0) is 68.0 Å². The molecular formula is C23H27N3O. The lowest BCUT2D eigenvalue weighted by molar-refractivity contribution is 0.414. The first-order valence-corrected chi connectivity index (χ1v) is 9.71. The summed E-state index contributed by atoms with van der Waals surface area (Å²) in [6.07, 6.45) is 4.29. The zero-order valence-electron chi connectivity index (χ0n) is 16.4. The number of hydrogen-bond donors (Lipinski definition) is 1. The summed E-state index contributed by atoms with van der Waals surface area (Å²) in [4.78, 5) is 0. The lowest BCUT2D eigenvalue weighted by Gasteiger charge is -2.12. The van der Waals surface area contributed by atoms with Gasteiger partial charge in [0.15, 0.2) is 0 Å². The highest BCUT2D eigenvalue weighted by Crippen LogP contribution is 2.31. The fraction of sp³-hybridized carbons (Fsp3) is 0.348. The number of methoxy groups -OCH3 is 1. The van der Waals surface area contributed by atoms with Crippen molar-refractivity contribution in [2.75, 3.05) is 19.0 Å². The Morgan fingerprint density at radius 1 is 1.11 bits per heavy atom. The van der Waals surface area contributed by atoms with E-state index in [4.69, 9.17) is 9.84 Å². The Kier molecular flexibility index (Phi) is 4.88. The number of aryl methyl sites for hydroxylation is 2. The predicted octanol–water partition coefficient (Wildman–Crippen LogP) is 4.84. The average molecular weight is 361 g/mol. The van der Waals surface area contributed by atoms with Gasteiger partial charge in [-0.1, -0.05) is 24.3 Å². The normalized spacial score (nSPS) is 13.6. The van der Waals surface area contributed by atoms with Crippen LogP contribution in [0, 0.1) is 13.8 Å². The third kappa shape index (κ3) is 3.57. The van der Waals surface area contributed by atoms with Crippen molar-refractivity contribution >= 4 is 5.82 Å². The minimum atomic E-state index is 0.819. The van der Waals surface area contributed by atoms with E-state index in [2.05, 4.69) is 54.2 Å². The molecule has 0 saturated carbocycles. The summed E-state index contributed by atoms with van der Waals surface area (Å²) >= 11 is 0. The average Bonchev–Trinajstić information content (AvgIpc) is 2.85. The number of aromatic nitrogens is 2. The van der Waals surface area contributed by atoms with Crippen LogP contribution >= 0.6 is 0 Å². The molecule has 3 aromatic rings. The van der Waals surface area contributed by atoms with Crippen molar-refractivity contribution in [2.45, 2.75) is 39.5 Å². The number of rotatable bonds is 4. The Morgan fingerprint density at radius 3 is 2.85 bits per heavy atom. The fourth-order valence-corrected chi connectivity index (χ4v) is 3.81. The maximum atomic E-state index is 5.39. The van der Waals surface area contributed by atoms with Gasteiger partial charge < -0.3 is 10.1 Å². The molecule has 0 radical (unpaired) electrons. The highest BCUT2D eigenvalue weighted by molar-refractivity contribution is 5.57. The largest absolute Gasteiger partial charge is 0.497 e. The zero-order valence-corrected chi connectivity index (χ0v) is 16.4. The zero-order chi connectivity index (χ0) is 18.8. The van der Waals surface area contributed by atoms with Crippen LogP contribution in [-0.4, -0.2) is 23.4 Å². The van der Waals surface area contributed by atoms with Gasteiger partial charge in [0.05, 0.1) is 18.5 Å². The monoisotopic (exact) mass is 361 g/mol. The molecule has 1 aromatic heterocycles. The topological polar surface area (TPSA) is 39.1 Å². The van der Waals surface area contributed by atoms with Crippen LogP contribution in [0.4, 0.5) is 5.82 Å². The van der Waals surface area contributed by atoms with Crippen LogP contribution in [0.2, 0.25) is 0 Å². The number of fused-ring (bicyclic) bond motifs is 1. The van der Waals surface area contributed by atoms with Gasteiger partial charge in [0, 0.05) is 18.5 Å². The molecule has 2 aromatic carbocycles. The van der Waals surface area contributed by atoms with E-state index in [9.17, 15) is 0 Å². The molecule has 0 atom stereocenters. The first-order valence-electron chi connectivity index (χ1n) is 9.71. The van der Waals surface area contributed by atoms with Gasteiger partial charge in [-0.25, -0.2) is 4.68 Å². The van der Waals surface area contributed by atoms with Crippen molar-refractivity contribution in [3.63, 3.8) is 0 Å². The van der Waals surface area contributed by atoms with Gasteiger partial charge in [-0.2, -0.15) is 5.10 Å². The predicted molar refractivity (Wildman–Crippen MR) is 110 cm³/mol. The SMILES string of the molecule is COc1cccc(Cc2nn(-c3cc(C)ccc3C)c3c2CCCCN3)c1. The summed E-state index contributed by atoms with van der Waals surface area (Å²) in [6, 6.07) is 14.9. The molecule has 27 heavy (non-hydrogen) atoms. The third-order valence-electron chi connectivity index (χ3n) is 5.31. The molecule has 1 aliphatic rings. The Labute approximate surface area is 161 Å². The van der Waals surface area contributed by atoms with Crippen LogP contribution in [0.3, 0.4) is 0 Å². The quantitative estimate of drug-likeness (QED) is 0.723. The van der Waals surface area contributed by atoms with Crippen molar-refractivity contribution in [1.29, 1.82) is 0 Å². The van der Waals surface area contributed by atoms with Gasteiger partial charge in [-0.3, -0.25) is 0 Å². The van der Waals surface area contributed by atoms with Crippen molar-refractivity contribution in [3.05, 3.63) is 70.4 Å². The van der Waals surface area contributed by atoms with E-state index in [0.717, 1.165) is 36.5 Å². The molecule has 0 spiro atoms. The molecule has 0 unspecified atom stereocenters. The Bertz CT molecular complexity index is 958. The maximum absolute atomic E-state index is 5.39. The van der Waals surface area contributed by atoms with Crippen molar-refractivity contribution in [1.82, 2.24) is 9.78 Å². The van der Waals surface area contributed by atoms with Gasteiger partial charge in [-0.15, -0.1) is 0 Å². The standard InChI is InChI=1S/C23H27N3O/c1-16-10-11-17(2)22(13-16)26-23-20(9-4-5-12-24-23)21(25-26)15-18-7-6-8-19(14-18)27-3/h6-8,10-11,13-14,24H,4-5,9,12,15H2,1-3H3. The second-order valence-electron chi connectivity index (χ2n) is 7.39. The molecule has 0 fully saturated rings. The van der Waals surface area contributed by atoms with E-state index in [-0.39, 0.29) is 0 Å². The van der Waals surface area contributed by atoms with Crippen LogP contribution in [0.5, 0.6) is 5.75 Å². The molecule has 0 saturated heterocycles. The minimum absolute atomic E-state index is 0.819. The summed E-state index contributed by atoms with van der Waals surface area (Å²) in [5, 5.41) is 8.71. The molecule has 0 amide bonds. The van der Waals surface area contributed by atoms with Crippen LogP contribution in [0.15, 0.2) is 42.5 Å². The Balaban J connectivity index is 1.80. The van der Waals surface area contributed by atoms with Crippen molar-refractivity contribution < 1.29 is 4.74 Å². The van der Waals surface area contributed by atoms with E-state index in [1.165, 1.54) is 40.9 Å². The van der Waals surface area contributed by atoms with Crippen molar-refractivity contribution in [3.8, 4) is 11.4 Å². The molecule has 1 aliphatic heterocycles. The number of nitrogens with one attached hydrogen (secondary N) is 1. The highest BCUT2D eigenvalue weighted by atomic mass is 16.5. The minimum Gasteiger partial charge on any atom is -0.497 e. The second kappa shape index (κ2) is 7.47. The number of nitrogens with zero attached hydrogens (tertiary/aromatic N) is 2. The Morgan fingerprint density at radius 2 is 2.00 bits per heavy atom. The number of ether oxygens (including phenoxy) is 1. The van der Waals surface area contributed by atoms with E-state index >= 15 is 0 Å². The van der Waals surface area contributed by atoms with Crippen molar-refractivity contribution in [2.24, 2.45) is 0 Å². The molecule has 4 heteroatoms. The van der Waals surface area contributed by atoms with E-state index < -0.39 is 0 Å². The Hall–Kier alpha value is -2.75. The first-order chi connectivity index (χ1) is 13.2. The van der Waals surface area contributed by atoms with Gasteiger partial charge >= 0.3 is 0 Å². The lowest BCUT2D eigenvalue weighted by Crippen LogP contribution is -2.08. The van der Waals surface area contributed by atoms with E-state index in [1.807, 2.05) is 12.1 Å². The lowest BCUT2D eigenvalue weighted by atomic mass is 10.0. The highest BCUT2D eigenvalue weighted by Gasteiger charge is 2.21. The molecule has 2 heterocycles. The smallest absolute Gasteiger partial charge is 0.133 e. The molecule has 140 valence electrons. The van der Waals surface area contributed by atoms with Gasteiger partial charge in [0.25, 0.3) is 0 Å². The molecular weight excluding hydrogens is 334 g/mol. The summed E-state index contributed by atoms with van der Waals surface area (Å²) in [6.45, 7) is 5.29. The van der Waals surface area contributed by atoms with Gasteiger partial charge in [0.2, 0.25) is 0 Å². The number of benzene rings is 2. The summed E-state index contributed by atoms with van der Waals surface area (Å²) in [5.74, 6) is 2.06. The van der Waals surface area contributed by atoms with E-state index in [0.29, 0.717) is 0 Å².